The van der Waals surface area contributed by atoms with Crippen LogP contribution in [0.3, 0.4) is 0 Å². The van der Waals surface area contributed by atoms with Crippen LogP contribution >= 0.6 is 0 Å². The number of amides is 2. The molecule has 0 saturated heterocycles. The molecule has 0 aliphatic rings. The van der Waals surface area contributed by atoms with Crippen molar-refractivity contribution in [2.75, 3.05) is 6.54 Å². The van der Waals surface area contributed by atoms with Gasteiger partial charge in [0.1, 0.15) is 11.5 Å². The maximum atomic E-state index is 12.7. The van der Waals surface area contributed by atoms with Gasteiger partial charge in [0.25, 0.3) is 5.91 Å². The Labute approximate surface area is 185 Å². The largest absolute Gasteiger partial charge is 0.351 e. The number of aromatic nitrogens is 4. The highest BCUT2D eigenvalue weighted by Gasteiger charge is 2.19. The van der Waals surface area contributed by atoms with Gasteiger partial charge in [-0.3, -0.25) is 14.6 Å². The topological polar surface area (TPSA) is 113 Å². The van der Waals surface area contributed by atoms with E-state index in [9.17, 15) is 9.59 Å². The predicted molar refractivity (Wildman–Crippen MR) is 121 cm³/mol. The minimum Gasteiger partial charge on any atom is -0.351 e. The normalized spacial score (nSPS) is 11.8. The quantitative estimate of drug-likeness (QED) is 0.355. The molecule has 162 valence electrons. The second-order valence-electron chi connectivity index (χ2n) is 7.40. The van der Waals surface area contributed by atoms with Crippen molar-refractivity contribution in [3.05, 3.63) is 90.3 Å². The van der Waals surface area contributed by atoms with Crippen molar-refractivity contribution in [3.8, 4) is 0 Å². The monoisotopic (exact) mass is 428 g/mol. The fraction of sp³-hybridized carbons (Fsp3) is 0.208. The Balaban J connectivity index is 1.36. The molecule has 2 aromatic heterocycles. The molecule has 0 saturated carbocycles. The summed E-state index contributed by atoms with van der Waals surface area (Å²) in [6.07, 6.45) is 5.80. The highest BCUT2D eigenvalue weighted by atomic mass is 16.2. The van der Waals surface area contributed by atoms with Crippen LogP contribution in [0.2, 0.25) is 0 Å². The van der Waals surface area contributed by atoms with Crippen molar-refractivity contribution in [2.45, 2.75) is 25.3 Å². The first kappa shape index (κ1) is 21.2. The molecule has 2 amide bonds. The van der Waals surface area contributed by atoms with Crippen LogP contribution < -0.4 is 10.6 Å². The Morgan fingerprint density at radius 3 is 2.59 bits per heavy atom. The van der Waals surface area contributed by atoms with E-state index < -0.39 is 0 Å². The SMILES string of the molecule is O=C(CCCNC(=O)c1cnccn1)N[C@@H](Cc1ccccc1)c1nc2ccccc2[nH]1. The zero-order valence-electron chi connectivity index (χ0n) is 17.5. The molecule has 0 unspecified atom stereocenters. The fourth-order valence-corrected chi connectivity index (χ4v) is 3.43. The lowest BCUT2D eigenvalue weighted by Gasteiger charge is -2.17. The van der Waals surface area contributed by atoms with E-state index in [1.54, 1.807) is 0 Å². The van der Waals surface area contributed by atoms with Gasteiger partial charge in [0.05, 0.1) is 23.3 Å². The van der Waals surface area contributed by atoms with Crippen molar-refractivity contribution in [3.63, 3.8) is 0 Å². The molecule has 0 aliphatic carbocycles. The summed E-state index contributed by atoms with van der Waals surface area (Å²) < 4.78 is 0. The lowest BCUT2D eigenvalue weighted by molar-refractivity contribution is -0.122. The van der Waals surface area contributed by atoms with Gasteiger partial charge in [-0.2, -0.15) is 0 Å². The number of hydrogen-bond acceptors (Lipinski definition) is 5. The van der Waals surface area contributed by atoms with Crippen LogP contribution in [0.25, 0.3) is 11.0 Å². The van der Waals surface area contributed by atoms with Crippen LogP contribution in [0.5, 0.6) is 0 Å². The van der Waals surface area contributed by atoms with Gasteiger partial charge in [-0.15, -0.1) is 0 Å². The summed E-state index contributed by atoms with van der Waals surface area (Å²) in [5.74, 6) is 0.322. The number of imidazole rings is 1. The van der Waals surface area contributed by atoms with Gasteiger partial charge in [0.15, 0.2) is 0 Å². The van der Waals surface area contributed by atoms with E-state index in [0.717, 1.165) is 22.4 Å². The van der Waals surface area contributed by atoms with Crippen LogP contribution in [-0.2, 0) is 11.2 Å². The molecule has 4 rings (SSSR count). The summed E-state index contributed by atoms with van der Waals surface area (Å²) in [6, 6.07) is 17.5. The van der Waals surface area contributed by atoms with Crippen LogP contribution in [0.4, 0.5) is 0 Å². The van der Waals surface area contributed by atoms with E-state index in [1.807, 2.05) is 54.6 Å². The summed E-state index contributed by atoms with van der Waals surface area (Å²) in [5, 5.41) is 5.85. The number of carbonyl (C=O) groups is 2. The number of hydrogen-bond donors (Lipinski definition) is 3. The second-order valence-corrected chi connectivity index (χ2v) is 7.40. The number of fused-ring (bicyclic) bond motifs is 1. The molecule has 32 heavy (non-hydrogen) atoms. The minimum atomic E-state index is -0.303. The van der Waals surface area contributed by atoms with Gasteiger partial charge in [0.2, 0.25) is 5.91 Å². The number of nitrogens with zero attached hydrogens (tertiary/aromatic N) is 3. The first-order valence-corrected chi connectivity index (χ1v) is 10.5. The molecule has 2 aromatic carbocycles. The fourth-order valence-electron chi connectivity index (χ4n) is 3.43. The zero-order valence-corrected chi connectivity index (χ0v) is 17.5. The van der Waals surface area contributed by atoms with Crippen LogP contribution in [0.15, 0.2) is 73.2 Å². The smallest absolute Gasteiger partial charge is 0.271 e. The average molecular weight is 428 g/mol. The first-order chi connectivity index (χ1) is 15.7. The molecule has 0 aliphatic heterocycles. The van der Waals surface area contributed by atoms with Crippen LogP contribution in [0.1, 0.15) is 40.8 Å². The third kappa shape index (κ3) is 5.54. The Hall–Kier alpha value is -4.07. The highest BCUT2D eigenvalue weighted by molar-refractivity contribution is 5.91. The maximum absolute atomic E-state index is 12.7. The molecular formula is C24H24N6O2. The van der Waals surface area contributed by atoms with Gasteiger partial charge in [-0.05, 0) is 30.5 Å². The standard InChI is InChI=1S/C24H24N6O2/c31-22(11-6-12-27-24(32)21-16-25-13-14-26-21)28-20(15-17-7-2-1-3-8-17)23-29-18-9-4-5-10-19(18)30-23/h1-5,7-10,13-14,16,20H,6,11-12,15H2,(H,27,32)(H,28,31)(H,29,30)/t20-/m0/s1. The third-order valence-corrected chi connectivity index (χ3v) is 5.02. The number of H-pyrrole nitrogens is 1. The molecule has 8 nitrogen and oxygen atoms in total. The number of para-hydroxylation sites is 2. The Morgan fingerprint density at radius 2 is 1.81 bits per heavy atom. The van der Waals surface area contributed by atoms with Crippen molar-refractivity contribution in [2.24, 2.45) is 0 Å². The van der Waals surface area contributed by atoms with Gasteiger partial charge in [-0.25, -0.2) is 9.97 Å². The van der Waals surface area contributed by atoms with E-state index in [-0.39, 0.29) is 30.0 Å². The van der Waals surface area contributed by atoms with Crippen molar-refractivity contribution < 1.29 is 9.59 Å². The van der Waals surface area contributed by atoms with Crippen molar-refractivity contribution in [1.82, 2.24) is 30.6 Å². The summed E-state index contributed by atoms with van der Waals surface area (Å²) in [6.45, 7) is 0.372. The van der Waals surface area contributed by atoms with Crippen LogP contribution in [0, 0.1) is 0 Å². The molecule has 1 atom stereocenters. The summed E-state index contributed by atoms with van der Waals surface area (Å²) in [5.41, 5.74) is 3.15. The molecule has 3 N–H and O–H groups in total. The summed E-state index contributed by atoms with van der Waals surface area (Å²) in [7, 11) is 0. The van der Waals surface area contributed by atoms with Crippen molar-refractivity contribution in [1.29, 1.82) is 0 Å². The first-order valence-electron chi connectivity index (χ1n) is 10.5. The van der Waals surface area contributed by atoms with Gasteiger partial charge >= 0.3 is 0 Å². The minimum absolute atomic E-state index is 0.0971. The van der Waals surface area contributed by atoms with E-state index in [4.69, 9.17) is 0 Å². The van der Waals surface area contributed by atoms with Crippen molar-refractivity contribution >= 4 is 22.8 Å². The molecule has 0 spiro atoms. The lowest BCUT2D eigenvalue weighted by Crippen LogP contribution is -2.32. The zero-order chi connectivity index (χ0) is 22.2. The second kappa shape index (κ2) is 10.3. The number of aromatic amines is 1. The average Bonchev–Trinajstić information content (AvgIpc) is 3.27. The molecule has 4 aromatic rings. The Kier molecular flexibility index (Phi) is 6.81. The summed E-state index contributed by atoms with van der Waals surface area (Å²) in [4.78, 5) is 40.5. The molecule has 0 fully saturated rings. The number of rotatable bonds is 9. The molecule has 2 heterocycles. The maximum Gasteiger partial charge on any atom is 0.271 e. The van der Waals surface area contributed by atoms with E-state index in [1.165, 1.54) is 18.6 Å². The van der Waals surface area contributed by atoms with E-state index in [2.05, 4.69) is 30.6 Å². The number of carbonyl (C=O) groups excluding carboxylic acids is 2. The van der Waals surface area contributed by atoms with E-state index >= 15 is 0 Å². The lowest BCUT2D eigenvalue weighted by atomic mass is 10.1. The Morgan fingerprint density at radius 1 is 1.00 bits per heavy atom. The molecule has 8 heteroatoms. The molecule has 0 radical (unpaired) electrons. The molecular weight excluding hydrogens is 404 g/mol. The Bertz CT molecular complexity index is 1140. The van der Waals surface area contributed by atoms with Gasteiger partial charge < -0.3 is 15.6 Å². The third-order valence-electron chi connectivity index (χ3n) is 5.02. The van der Waals surface area contributed by atoms with E-state index in [0.29, 0.717) is 19.4 Å². The summed E-state index contributed by atoms with van der Waals surface area (Å²) >= 11 is 0. The van der Waals surface area contributed by atoms with Gasteiger partial charge in [0, 0.05) is 25.4 Å². The van der Waals surface area contributed by atoms with Crippen LogP contribution in [-0.4, -0.2) is 38.3 Å². The van der Waals surface area contributed by atoms with Gasteiger partial charge in [-0.1, -0.05) is 42.5 Å². The highest BCUT2D eigenvalue weighted by Crippen LogP contribution is 2.20. The predicted octanol–water partition coefficient (Wildman–Crippen LogP) is 2.96. The number of benzene rings is 2. The number of nitrogens with one attached hydrogen (secondary N) is 3. The molecule has 0 bridgehead atoms.